The minimum absolute atomic E-state index is 0.0926. The lowest BCUT2D eigenvalue weighted by Gasteiger charge is -1.98. The summed E-state index contributed by atoms with van der Waals surface area (Å²) in [5.41, 5.74) is 5.26. The molecule has 0 atom stereocenters. The summed E-state index contributed by atoms with van der Waals surface area (Å²) in [6, 6.07) is 1.71. The number of rotatable bonds is 5. The number of hydrogen-bond donors (Lipinski definition) is 2. The molecule has 0 aliphatic heterocycles. The smallest absolute Gasteiger partial charge is 0.261 e. The highest BCUT2D eigenvalue weighted by Gasteiger charge is 2.07. The van der Waals surface area contributed by atoms with Gasteiger partial charge in [0.25, 0.3) is 5.91 Å². The molecule has 0 unspecified atom stereocenters. The van der Waals surface area contributed by atoms with Gasteiger partial charge in [0, 0.05) is 24.5 Å². The van der Waals surface area contributed by atoms with Gasteiger partial charge in [-0.05, 0) is 0 Å². The molecular formula is C10H14N2O2S. The first-order valence-corrected chi connectivity index (χ1v) is 5.41. The van der Waals surface area contributed by atoms with Crippen LogP contribution in [-0.2, 0) is 0 Å². The third kappa shape index (κ3) is 3.73. The number of nitrogens with two attached hydrogens (primary N) is 1. The molecule has 1 heterocycles. The Morgan fingerprint density at radius 1 is 1.67 bits per heavy atom. The van der Waals surface area contributed by atoms with Crippen molar-refractivity contribution in [2.45, 2.75) is 0 Å². The van der Waals surface area contributed by atoms with Crippen LogP contribution in [0, 0.1) is 0 Å². The second-order valence-electron chi connectivity index (χ2n) is 2.77. The normalized spacial score (nSPS) is 10.5. The molecule has 0 aliphatic rings. The van der Waals surface area contributed by atoms with E-state index in [9.17, 15) is 4.79 Å². The van der Waals surface area contributed by atoms with Gasteiger partial charge >= 0.3 is 0 Å². The number of thiophene rings is 1. The van der Waals surface area contributed by atoms with Crippen molar-refractivity contribution in [1.29, 1.82) is 0 Å². The van der Waals surface area contributed by atoms with Gasteiger partial charge < -0.3 is 15.8 Å². The molecular weight excluding hydrogens is 212 g/mol. The third-order valence-electron chi connectivity index (χ3n) is 1.72. The fourth-order valence-electron chi connectivity index (χ4n) is 0.963. The average molecular weight is 226 g/mol. The number of hydrogen-bond acceptors (Lipinski definition) is 4. The molecule has 1 rings (SSSR count). The minimum atomic E-state index is -0.0926. The summed E-state index contributed by atoms with van der Waals surface area (Å²) in [5.74, 6) is 0.618. The summed E-state index contributed by atoms with van der Waals surface area (Å²) in [7, 11) is 1.58. The van der Waals surface area contributed by atoms with Crippen molar-refractivity contribution >= 4 is 17.2 Å². The van der Waals surface area contributed by atoms with Crippen molar-refractivity contribution < 1.29 is 9.53 Å². The van der Waals surface area contributed by atoms with Gasteiger partial charge in [0.05, 0.1) is 12.0 Å². The molecule has 4 nitrogen and oxygen atoms in total. The number of carbonyl (C=O) groups excluding carboxylic acids is 1. The molecule has 0 radical (unpaired) electrons. The Bertz CT molecular complexity index is 347. The van der Waals surface area contributed by atoms with Crippen LogP contribution in [0.25, 0.3) is 0 Å². The highest BCUT2D eigenvalue weighted by molar-refractivity contribution is 7.12. The summed E-state index contributed by atoms with van der Waals surface area (Å²) < 4.78 is 4.99. The maximum Gasteiger partial charge on any atom is 0.261 e. The van der Waals surface area contributed by atoms with E-state index in [0.717, 1.165) is 0 Å². The van der Waals surface area contributed by atoms with Gasteiger partial charge in [-0.2, -0.15) is 0 Å². The average Bonchev–Trinajstić information content (AvgIpc) is 2.72. The van der Waals surface area contributed by atoms with Crippen LogP contribution in [0.2, 0.25) is 0 Å². The third-order valence-corrected chi connectivity index (χ3v) is 2.63. The molecule has 1 aromatic heterocycles. The Balaban J connectivity index is 2.43. The molecule has 0 aliphatic carbocycles. The predicted octanol–water partition coefficient (Wildman–Crippen LogP) is 1.00. The first-order chi connectivity index (χ1) is 7.27. The fourth-order valence-corrected chi connectivity index (χ4v) is 1.73. The van der Waals surface area contributed by atoms with Crippen molar-refractivity contribution in [1.82, 2.24) is 5.32 Å². The lowest BCUT2D eigenvalue weighted by molar-refractivity contribution is 0.0962. The zero-order valence-electron chi connectivity index (χ0n) is 8.53. The van der Waals surface area contributed by atoms with Crippen molar-refractivity contribution in [2.24, 2.45) is 5.73 Å². The lowest BCUT2D eigenvalue weighted by Crippen LogP contribution is -2.22. The summed E-state index contributed by atoms with van der Waals surface area (Å²) in [6.07, 6.45) is 3.62. The molecule has 0 saturated heterocycles. The van der Waals surface area contributed by atoms with E-state index in [0.29, 0.717) is 23.7 Å². The monoisotopic (exact) mass is 226 g/mol. The van der Waals surface area contributed by atoms with E-state index in [-0.39, 0.29) is 5.91 Å². The van der Waals surface area contributed by atoms with Crippen molar-refractivity contribution in [3.05, 3.63) is 28.5 Å². The van der Waals surface area contributed by atoms with Gasteiger partial charge in [0.2, 0.25) is 0 Å². The Morgan fingerprint density at radius 3 is 3.07 bits per heavy atom. The molecule has 0 spiro atoms. The van der Waals surface area contributed by atoms with Crippen LogP contribution in [0.3, 0.4) is 0 Å². The van der Waals surface area contributed by atoms with Gasteiger partial charge in [0.1, 0.15) is 5.75 Å². The van der Waals surface area contributed by atoms with Crippen LogP contribution in [0.15, 0.2) is 23.6 Å². The first kappa shape index (κ1) is 11.7. The zero-order chi connectivity index (χ0) is 11.1. The standard InChI is InChI=1S/C10H14N2O2S/c1-14-8-6-9(15-7-8)10(13)12-5-3-2-4-11/h2-3,6-7H,4-5,11H2,1H3,(H,12,13)/b3-2+. The molecule has 0 fully saturated rings. The quantitative estimate of drug-likeness (QED) is 0.736. The largest absolute Gasteiger partial charge is 0.496 e. The Labute approximate surface area is 92.7 Å². The molecule has 5 heteroatoms. The van der Waals surface area contributed by atoms with Crippen LogP contribution in [-0.4, -0.2) is 26.1 Å². The topological polar surface area (TPSA) is 64.3 Å². The number of carbonyl (C=O) groups is 1. The van der Waals surface area contributed by atoms with Crippen LogP contribution < -0.4 is 15.8 Å². The van der Waals surface area contributed by atoms with E-state index >= 15 is 0 Å². The highest BCUT2D eigenvalue weighted by atomic mass is 32.1. The maximum atomic E-state index is 11.5. The summed E-state index contributed by atoms with van der Waals surface area (Å²) in [4.78, 5) is 12.2. The SMILES string of the molecule is COc1csc(C(=O)NC/C=C/CN)c1. The van der Waals surface area contributed by atoms with E-state index in [1.807, 2.05) is 6.08 Å². The Morgan fingerprint density at radius 2 is 2.47 bits per heavy atom. The van der Waals surface area contributed by atoms with Gasteiger partial charge in [-0.25, -0.2) is 0 Å². The number of methoxy groups -OCH3 is 1. The molecule has 0 saturated carbocycles. The molecule has 0 bridgehead atoms. The second kappa shape index (κ2) is 6.21. The van der Waals surface area contributed by atoms with Crippen molar-refractivity contribution in [2.75, 3.05) is 20.2 Å². The summed E-state index contributed by atoms with van der Waals surface area (Å²) in [5, 5.41) is 4.54. The Kier molecular flexibility index (Phi) is 4.86. The van der Waals surface area contributed by atoms with E-state index in [2.05, 4.69) is 5.32 Å². The summed E-state index contributed by atoms with van der Waals surface area (Å²) in [6.45, 7) is 0.985. The van der Waals surface area contributed by atoms with Crippen molar-refractivity contribution in [3.63, 3.8) is 0 Å². The van der Waals surface area contributed by atoms with Crippen LogP contribution in [0.1, 0.15) is 9.67 Å². The van der Waals surface area contributed by atoms with E-state index in [1.165, 1.54) is 11.3 Å². The zero-order valence-corrected chi connectivity index (χ0v) is 9.34. The van der Waals surface area contributed by atoms with Gasteiger partial charge in [-0.3, -0.25) is 4.79 Å². The molecule has 3 N–H and O–H groups in total. The minimum Gasteiger partial charge on any atom is -0.496 e. The molecule has 1 aromatic rings. The number of nitrogens with one attached hydrogen (secondary N) is 1. The van der Waals surface area contributed by atoms with Crippen molar-refractivity contribution in [3.8, 4) is 5.75 Å². The maximum absolute atomic E-state index is 11.5. The van der Waals surface area contributed by atoms with Gasteiger partial charge in [-0.15, -0.1) is 11.3 Å². The number of amides is 1. The van der Waals surface area contributed by atoms with Gasteiger partial charge in [-0.1, -0.05) is 12.2 Å². The first-order valence-electron chi connectivity index (χ1n) is 4.53. The van der Waals surface area contributed by atoms with Crippen LogP contribution in [0.4, 0.5) is 0 Å². The second-order valence-corrected chi connectivity index (χ2v) is 3.68. The fraction of sp³-hybridized carbons (Fsp3) is 0.300. The van der Waals surface area contributed by atoms with Crippen LogP contribution in [0.5, 0.6) is 5.75 Å². The highest BCUT2D eigenvalue weighted by Crippen LogP contribution is 2.20. The Hall–Kier alpha value is -1.33. The van der Waals surface area contributed by atoms with E-state index in [1.54, 1.807) is 24.6 Å². The van der Waals surface area contributed by atoms with E-state index in [4.69, 9.17) is 10.5 Å². The van der Waals surface area contributed by atoms with Crippen LogP contribution >= 0.6 is 11.3 Å². The van der Waals surface area contributed by atoms with Gasteiger partial charge in [0.15, 0.2) is 0 Å². The molecule has 1 amide bonds. The predicted molar refractivity (Wildman–Crippen MR) is 61.4 cm³/mol. The molecule has 0 aromatic carbocycles. The summed E-state index contributed by atoms with van der Waals surface area (Å²) >= 11 is 1.36. The molecule has 82 valence electrons. The number of ether oxygens (including phenoxy) is 1. The molecule has 15 heavy (non-hydrogen) atoms. The lowest BCUT2D eigenvalue weighted by atomic mass is 10.4. The van der Waals surface area contributed by atoms with E-state index < -0.39 is 0 Å².